The molecule has 1 atom stereocenters. The van der Waals surface area contributed by atoms with Crippen molar-refractivity contribution < 1.29 is 26.7 Å². The molecule has 118 valence electrons. The highest BCUT2D eigenvalue weighted by atomic mass is 32.2. The van der Waals surface area contributed by atoms with E-state index in [1.54, 1.807) is 0 Å². The molecule has 1 aliphatic heterocycles. The van der Waals surface area contributed by atoms with Gasteiger partial charge in [-0.3, -0.25) is 4.79 Å². The molecule has 10 heteroatoms. The number of piperidine rings is 1. The first kappa shape index (κ1) is 17.3. The smallest absolute Gasteiger partial charge is 0.307 e. The first-order valence-electron chi connectivity index (χ1n) is 6.27. The maximum atomic E-state index is 12.0. The fourth-order valence-electron chi connectivity index (χ4n) is 1.99. The number of carboxylic acid groups (broad SMARTS) is 1. The molecule has 1 fully saturated rings. The third kappa shape index (κ3) is 5.73. The Bertz CT molecular complexity index is 542. The summed E-state index contributed by atoms with van der Waals surface area (Å²) in [7, 11) is -6.86. The SMILES string of the molecule is CS(=O)(=O)CCCNS(=O)(=O)N1CCCC(C(=O)O)C1. The van der Waals surface area contributed by atoms with E-state index in [1.165, 1.54) is 0 Å². The summed E-state index contributed by atoms with van der Waals surface area (Å²) < 4.78 is 49.2. The minimum atomic E-state index is -3.74. The number of hydrogen-bond acceptors (Lipinski definition) is 5. The van der Waals surface area contributed by atoms with Gasteiger partial charge in [-0.1, -0.05) is 0 Å². The van der Waals surface area contributed by atoms with E-state index in [9.17, 15) is 21.6 Å². The molecular formula is C10H20N2O6S2. The highest BCUT2D eigenvalue weighted by Crippen LogP contribution is 2.18. The molecule has 1 rings (SSSR count). The van der Waals surface area contributed by atoms with Gasteiger partial charge in [-0.15, -0.1) is 0 Å². The Balaban J connectivity index is 2.49. The van der Waals surface area contributed by atoms with Crippen LogP contribution in [0.25, 0.3) is 0 Å². The van der Waals surface area contributed by atoms with Gasteiger partial charge in [0.25, 0.3) is 10.2 Å². The zero-order valence-electron chi connectivity index (χ0n) is 11.3. The van der Waals surface area contributed by atoms with Gasteiger partial charge in [0.2, 0.25) is 0 Å². The summed E-state index contributed by atoms with van der Waals surface area (Å²) in [5.41, 5.74) is 0. The molecule has 20 heavy (non-hydrogen) atoms. The third-order valence-electron chi connectivity index (χ3n) is 3.05. The normalized spacial score (nSPS) is 21.8. The van der Waals surface area contributed by atoms with Gasteiger partial charge in [0, 0.05) is 25.9 Å². The van der Waals surface area contributed by atoms with Crippen LogP contribution in [0.5, 0.6) is 0 Å². The van der Waals surface area contributed by atoms with E-state index < -0.39 is 31.9 Å². The Morgan fingerprint density at radius 2 is 2.00 bits per heavy atom. The van der Waals surface area contributed by atoms with E-state index in [0.717, 1.165) is 10.6 Å². The van der Waals surface area contributed by atoms with Crippen LogP contribution in [-0.2, 0) is 24.8 Å². The fraction of sp³-hybridized carbons (Fsp3) is 0.900. The predicted octanol–water partition coefficient (Wildman–Crippen LogP) is -0.948. The van der Waals surface area contributed by atoms with E-state index in [0.29, 0.717) is 12.8 Å². The molecule has 0 spiro atoms. The number of nitrogens with zero attached hydrogens (tertiary/aromatic N) is 1. The fourth-order valence-corrected chi connectivity index (χ4v) is 3.99. The molecule has 1 aliphatic rings. The number of aliphatic carboxylic acids is 1. The summed E-state index contributed by atoms with van der Waals surface area (Å²) in [6, 6.07) is 0. The highest BCUT2D eigenvalue weighted by Gasteiger charge is 2.31. The van der Waals surface area contributed by atoms with E-state index in [4.69, 9.17) is 5.11 Å². The molecule has 0 radical (unpaired) electrons. The van der Waals surface area contributed by atoms with Crippen molar-refractivity contribution in [2.45, 2.75) is 19.3 Å². The van der Waals surface area contributed by atoms with Crippen molar-refractivity contribution in [1.82, 2.24) is 9.03 Å². The Hall–Kier alpha value is -0.710. The van der Waals surface area contributed by atoms with Crippen molar-refractivity contribution in [3.05, 3.63) is 0 Å². The number of carboxylic acids is 1. The second-order valence-electron chi connectivity index (χ2n) is 4.92. The Morgan fingerprint density at radius 3 is 2.55 bits per heavy atom. The lowest BCUT2D eigenvalue weighted by Crippen LogP contribution is -2.47. The van der Waals surface area contributed by atoms with E-state index in [-0.39, 0.29) is 31.8 Å². The molecule has 2 N–H and O–H groups in total. The van der Waals surface area contributed by atoms with Crippen LogP contribution < -0.4 is 4.72 Å². The number of nitrogens with one attached hydrogen (secondary N) is 1. The largest absolute Gasteiger partial charge is 0.481 e. The molecule has 0 aromatic carbocycles. The molecule has 0 amide bonds. The van der Waals surface area contributed by atoms with Gasteiger partial charge in [-0.25, -0.2) is 13.1 Å². The van der Waals surface area contributed by atoms with Crippen LogP contribution in [0.15, 0.2) is 0 Å². The molecule has 0 aliphatic carbocycles. The topological polar surface area (TPSA) is 121 Å². The van der Waals surface area contributed by atoms with Crippen molar-refractivity contribution in [2.75, 3.05) is 31.6 Å². The van der Waals surface area contributed by atoms with Crippen LogP contribution in [0.2, 0.25) is 0 Å². The molecule has 1 unspecified atom stereocenters. The average Bonchev–Trinajstić information content (AvgIpc) is 2.34. The zero-order chi connectivity index (χ0) is 15.4. The predicted molar refractivity (Wildman–Crippen MR) is 73.2 cm³/mol. The van der Waals surface area contributed by atoms with Crippen LogP contribution in [-0.4, -0.2) is 63.9 Å². The van der Waals surface area contributed by atoms with Gasteiger partial charge >= 0.3 is 5.97 Å². The monoisotopic (exact) mass is 328 g/mol. The average molecular weight is 328 g/mol. The highest BCUT2D eigenvalue weighted by molar-refractivity contribution is 7.90. The van der Waals surface area contributed by atoms with Crippen molar-refractivity contribution in [3.8, 4) is 0 Å². The maximum Gasteiger partial charge on any atom is 0.307 e. The van der Waals surface area contributed by atoms with Gasteiger partial charge < -0.3 is 5.11 Å². The lowest BCUT2D eigenvalue weighted by atomic mass is 10.0. The standard InChI is InChI=1S/C10H20N2O6S2/c1-19(15,16)7-3-5-11-20(17,18)12-6-2-4-9(8-12)10(13)14/h9,11H,2-8H2,1H3,(H,13,14). The second-order valence-corrected chi connectivity index (χ2v) is 8.93. The van der Waals surface area contributed by atoms with Crippen molar-refractivity contribution >= 4 is 26.0 Å². The molecule has 0 saturated carbocycles. The molecule has 1 saturated heterocycles. The number of carbonyl (C=O) groups is 1. The molecule has 0 bridgehead atoms. The van der Waals surface area contributed by atoms with E-state index >= 15 is 0 Å². The lowest BCUT2D eigenvalue weighted by molar-refractivity contribution is -0.142. The number of sulfone groups is 1. The molecule has 1 heterocycles. The van der Waals surface area contributed by atoms with Gasteiger partial charge in [-0.2, -0.15) is 12.7 Å². The Kier molecular flexibility index (Phi) is 5.92. The summed E-state index contributed by atoms with van der Waals surface area (Å²) >= 11 is 0. The van der Waals surface area contributed by atoms with Crippen LogP contribution >= 0.6 is 0 Å². The van der Waals surface area contributed by atoms with Crippen LogP contribution in [0.1, 0.15) is 19.3 Å². The minimum absolute atomic E-state index is 0.0175. The van der Waals surface area contributed by atoms with Gasteiger partial charge in [0.05, 0.1) is 11.7 Å². The molecule has 0 aromatic heterocycles. The summed E-state index contributed by atoms with van der Waals surface area (Å²) in [6.45, 7) is 0.256. The van der Waals surface area contributed by atoms with Gasteiger partial charge in [0.15, 0.2) is 0 Å². The van der Waals surface area contributed by atoms with Crippen molar-refractivity contribution in [3.63, 3.8) is 0 Å². The Labute approximate surface area is 119 Å². The van der Waals surface area contributed by atoms with E-state index in [1.807, 2.05) is 0 Å². The summed E-state index contributed by atoms with van der Waals surface area (Å²) in [6.07, 6.45) is 2.24. The zero-order valence-corrected chi connectivity index (χ0v) is 12.9. The Morgan fingerprint density at radius 1 is 1.35 bits per heavy atom. The number of rotatable bonds is 7. The summed E-state index contributed by atoms with van der Waals surface area (Å²) in [5, 5.41) is 8.92. The maximum absolute atomic E-state index is 12.0. The van der Waals surface area contributed by atoms with Crippen LogP contribution in [0, 0.1) is 5.92 Å². The molecule has 8 nitrogen and oxygen atoms in total. The number of hydrogen-bond donors (Lipinski definition) is 2. The van der Waals surface area contributed by atoms with Crippen LogP contribution in [0.4, 0.5) is 0 Å². The minimum Gasteiger partial charge on any atom is -0.481 e. The molecule has 0 aromatic rings. The summed E-state index contributed by atoms with van der Waals surface area (Å²) in [4.78, 5) is 10.9. The third-order valence-corrected chi connectivity index (χ3v) is 5.66. The van der Waals surface area contributed by atoms with Crippen LogP contribution in [0.3, 0.4) is 0 Å². The lowest BCUT2D eigenvalue weighted by Gasteiger charge is -2.29. The molecular weight excluding hydrogens is 308 g/mol. The quantitative estimate of drug-likeness (QED) is 0.581. The second kappa shape index (κ2) is 6.83. The summed E-state index contributed by atoms with van der Waals surface area (Å²) in [5.74, 6) is -1.77. The first-order chi connectivity index (χ1) is 9.12. The van der Waals surface area contributed by atoms with Crippen molar-refractivity contribution in [2.24, 2.45) is 5.92 Å². The van der Waals surface area contributed by atoms with Gasteiger partial charge in [-0.05, 0) is 19.3 Å². The van der Waals surface area contributed by atoms with Gasteiger partial charge in [0.1, 0.15) is 9.84 Å². The first-order valence-corrected chi connectivity index (χ1v) is 9.77. The van der Waals surface area contributed by atoms with E-state index in [2.05, 4.69) is 4.72 Å². The van der Waals surface area contributed by atoms with Crippen molar-refractivity contribution in [1.29, 1.82) is 0 Å².